The van der Waals surface area contributed by atoms with E-state index >= 15 is 0 Å². The molecule has 1 aliphatic rings. The van der Waals surface area contributed by atoms with Crippen LogP contribution in [0.2, 0.25) is 0 Å². The minimum absolute atomic E-state index is 0.497. The molecule has 94 valence electrons. The van der Waals surface area contributed by atoms with Crippen LogP contribution in [0, 0.1) is 0 Å². The van der Waals surface area contributed by atoms with Crippen molar-refractivity contribution in [3.63, 3.8) is 0 Å². The lowest BCUT2D eigenvalue weighted by Crippen LogP contribution is -2.59. The molecule has 1 amide bonds. The Balaban J connectivity index is 2.60. The fraction of sp³-hybridized carbons (Fsp3) is 0.875. The number of hydrogen-bond donors (Lipinski definition) is 5. The molecule has 0 radical (unpaired) electrons. The highest BCUT2D eigenvalue weighted by atomic mass is 16.7. The van der Waals surface area contributed by atoms with Gasteiger partial charge < -0.3 is 35.6 Å². The largest absolute Gasteiger partial charge is 0.394 e. The molecular formula is C8H15NO7. The maximum Gasteiger partial charge on any atom is 0.243 e. The molecule has 1 fully saturated rings. The molecular weight excluding hydrogens is 222 g/mol. The summed E-state index contributed by atoms with van der Waals surface area (Å²) in [5.41, 5.74) is 4.82. The van der Waals surface area contributed by atoms with Gasteiger partial charge in [-0.25, -0.2) is 0 Å². The summed E-state index contributed by atoms with van der Waals surface area (Å²) in [5, 5.41) is 37.0. The van der Waals surface area contributed by atoms with E-state index in [2.05, 4.69) is 0 Å². The van der Waals surface area contributed by atoms with Crippen molar-refractivity contribution in [1.29, 1.82) is 0 Å². The maximum atomic E-state index is 10.4. The molecule has 1 aliphatic heterocycles. The minimum Gasteiger partial charge on any atom is -0.394 e. The summed E-state index contributed by atoms with van der Waals surface area (Å²) in [6.45, 7) is -1.05. The summed E-state index contributed by atoms with van der Waals surface area (Å²) in [5.74, 6) is -0.767. The summed E-state index contributed by atoms with van der Waals surface area (Å²) < 4.78 is 9.72. The molecule has 0 aromatic rings. The first kappa shape index (κ1) is 13.3. The fourth-order valence-electron chi connectivity index (χ4n) is 1.37. The first-order valence-corrected chi connectivity index (χ1v) is 4.67. The van der Waals surface area contributed by atoms with Gasteiger partial charge in [0.1, 0.15) is 31.0 Å². The van der Waals surface area contributed by atoms with Gasteiger partial charge in [0.2, 0.25) is 5.91 Å². The Morgan fingerprint density at radius 1 is 1.25 bits per heavy atom. The van der Waals surface area contributed by atoms with Crippen molar-refractivity contribution in [3.8, 4) is 0 Å². The van der Waals surface area contributed by atoms with Crippen molar-refractivity contribution in [2.24, 2.45) is 5.73 Å². The van der Waals surface area contributed by atoms with E-state index in [1.807, 2.05) is 0 Å². The second kappa shape index (κ2) is 5.53. The van der Waals surface area contributed by atoms with E-state index in [1.54, 1.807) is 0 Å². The van der Waals surface area contributed by atoms with E-state index in [0.29, 0.717) is 0 Å². The van der Waals surface area contributed by atoms with Gasteiger partial charge in [-0.15, -0.1) is 0 Å². The van der Waals surface area contributed by atoms with Crippen LogP contribution < -0.4 is 5.73 Å². The summed E-state index contributed by atoms with van der Waals surface area (Å²) in [6, 6.07) is 0. The van der Waals surface area contributed by atoms with Crippen molar-refractivity contribution >= 4 is 5.91 Å². The number of aliphatic hydroxyl groups excluding tert-OH is 4. The normalized spacial score (nSPS) is 39.6. The zero-order valence-corrected chi connectivity index (χ0v) is 8.39. The molecule has 1 heterocycles. The Morgan fingerprint density at radius 3 is 2.38 bits per heavy atom. The van der Waals surface area contributed by atoms with Crippen molar-refractivity contribution in [3.05, 3.63) is 0 Å². The van der Waals surface area contributed by atoms with E-state index in [0.717, 1.165) is 0 Å². The van der Waals surface area contributed by atoms with E-state index in [-0.39, 0.29) is 0 Å². The highest BCUT2D eigenvalue weighted by Crippen LogP contribution is 2.21. The molecule has 0 aromatic carbocycles. The molecule has 8 nitrogen and oxygen atoms in total. The highest BCUT2D eigenvalue weighted by molar-refractivity contribution is 5.74. The average Bonchev–Trinajstić information content (AvgIpc) is 2.25. The van der Waals surface area contributed by atoms with Gasteiger partial charge in [0.25, 0.3) is 0 Å². The summed E-state index contributed by atoms with van der Waals surface area (Å²) in [7, 11) is 0. The molecule has 0 aromatic heterocycles. The summed E-state index contributed by atoms with van der Waals surface area (Å²) >= 11 is 0. The number of rotatable bonds is 4. The SMILES string of the molecule is NC(=O)CO[C@@H]1O[C@@H](CO)[C@@H](O)[C@H](O)[C@@H]1O. The third-order valence-corrected chi connectivity index (χ3v) is 2.24. The molecule has 6 N–H and O–H groups in total. The molecule has 0 spiro atoms. The lowest BCUT2D eigenvalue weighted by Gasteiger charge is -2.39. The van der Waals surface area contributed by atoms with Crippen molar-refractivity contribution < 1.29 is 34.7 Å². The van der Waals surface area contributed by atoms with Crippen molar-refractivity contribution in [2.45, 2.75) is 30.7 Å². The standard InChI is InChI=1S/C8H15NO7/c9-4(11)2-15-8-7(14)6(13)5(12)3(1-10)16-8/h3,5-8,10,12-14H,1-2H2,(H2,9,11)/t3-,5+,6-,7-,8+/m0/s1. The number of amides is 1. The van der Waals surface area contributed by atoms with Gasteiger partial charge >= 0.3 is 0 Å². The second-order valence-corrected chi connectivity index (χ2v) is 3.47. The summed E-state index contributed by atoms with van der Waals surface area (Å²) in [6.07, 6.45) is -6.87. The molecule has 0 bridgehead atoms. The topological polar surface area (TPSA) is 142 Å². The molecule has 1 rings (SSSR count). The molecule has 0 unspecified atom stereocenters. The van der Waals surface area contributed by atoms with Crippen LogP contribution in [-0.2, 0) is 14.3 Å². The van der Waals surface area contributed by atoms with Crippen LogP contribution in [0.1, 0.15) is 0 Å². The third-order valence-electron chi connectivity index (χ3n) is 2.24. The molecule has 5 atom stereocenters. The molecule has 16 heavy (non-hydrogen) atoms. The average molecular weight is 237 g/mol. The Kier molecular flexibility index (Phi) is 4.59. The van der Waals surface area contributed by atoms with Gasteiger partial charge in [0.15, 0.2) is 6.29 Å². The Bertz CT molecular complexity index is 247. The van der Waals surface area contributed by atoms with Gasteiger partial charge in [-0.2, -0.15) is 0 Å². The van der Waals surface area contributed by atoms with Gasteiger partial charge in [-0.1, -0.05) is 0 Å². The molecule has 0 saturated carbocycles. The molecule has 0 aliphatic carbocycles. The van der Waals surface area contributed by atoms with Crippen molar-refractivity contribution in [1.82, 2.24) is 0 Å². The zero-order valence-electron chi connectivity index (χ0n) is 8.39. The Hall–Kier alpha value is -0.770. The van der Waals surface area contributed by atoms with Crippen LogP contribution in [0.4, 0.5) is 0 Å². The van der Waals surface area contributed by atoms with Crippen LogP contribution in [-0.4, -0.2) is 70.3 Å². The number of nitrogens with two attached hydrogens (primary N) is 1. The Morgan fingerprint density at radius 2 is 1.88 bits per heavy atom. The predicted octanol–water partition coefficient (Wildman–Crippen LogP) is -3.71. The highest BCUT2D eigenvalue weighted by Gasteiger charge is 2.44. The first-order valence-electron chi connectivity index (χ1n) is 4.67. The van der Waals surface area contributed by atoms with Gasteiger partial charge in [0.05, 0.1) is 6.61 Å². The number of carbonyl (C=O) groups excluding carboxylic acids is 1. The van der Waals surface area contributed by atoms with E-state index in [9.17, 15) is 20.1 Å². The quantitative estimate of drug-likeness (QED) is 0.338. The molecule has 8 heteroatoms. The smallest absolute Gasteiger partial charge is 0.243 e. The van der Waals surface area contributed by atoms with Crippen LogP contribution in [0.15, 0.2) is 0 Å². The number of carbonyl (C=O) groups is 1. The first-order chi connectivity index (χ1) is 7.47. The van der Waals surface area contributed by atoms with Gasteiger partial charge in [-0.3, -0.25) is 4.79 Å². The summed E-state index contributed by atoms with van der Waals surface area (Å²) in [4.78, 5) is 10.4. The zero-order chi connectivity index (χ0) is 12.3. The number of ether oxygens (including phenoxy) is 2. The lowest BCUT2D eigenvalue weighted by molar-refractivity contribution is -0.299. The number of primary amides is 1. The van der Waals surface area contributed by atoms with E-state index in [4.69, 9.17) is 20.3 Å². The fourth-order valence-corrected chi connectivity index (χ4v) is 1.37. The van der Waals surface area contributed by atoms with E-state index in [1.165, 1.54) is 0 Å². The number of aliphatic hydroxyl groups is 4. The van der Waals surface area contributed by atoms with Crippen LogP contribution in [0.3, 0.4) is 0 Å². The van der Waals surface area contributed by atoms with Crippen molar-refractivity contribution in [2.75, 3.05) is 13.2 Å². The van der Waals surface area contributed by atoms with Crippen LogP contribution in [0.5, 0.6) is 0 Å². The Labute approximate surface area is 91.2 Å². The van der Waals surface area contributed by atoms with Crippen LogP contribution >= 0.6 is 0 Å². The number of hydrogen-bond acceptors (Lipinski definition) is 7. The van der Waals surface area contributed by atoms with E-state index < -0.39 is 49.8 Å². The van der Waals surface area contributed by atoms with Crippen LogP contribution in [0.25, 0.3) is 0 Å². The third kappa shape index (κ3) is 2.88. The predicted molar refractivity (Wildman–Crippen MR) is 48.9 cm³/mol. The maximum absolute atomic E-state index is 10.4. The molecule has 1 saturated heterocycles. The van der Waals surface area contributed by atoms with Gasteiger partial charge in [-0.05, 0) is 0 Å². The van der Waals surface area contributed by atoms with Gasteiger partial charge in [0, 0.05) is 0 Å². The lowest BCUT2D eigenvalue weighted by atomic mass is 9.99. The monoisotopic (exact) mass is 237 g/mol. The minimum atomic E-state index is -1.52. The second-order valence-electron chi connectivity index (χ2n) is 3.47.